The maximum absolute atomic E-state index is 11.7. The van der Waals surface area contributed by atoms with Crippen LogP contribution in [0.4, 0.5) is 0 Å². The van der Waals surface area contributed by atoms with Crippen molar-refractivity contribution in [1.29, 1.82) is 0 Å². The Labute approximate surface area is 120 Å². The minimum Gasteiger partial charge on any atom is -0.257 e. The fourth-order valence-corrected chi connectivity index (χ4v) is 3.16. The second-order valence-electron chi connectivity index (χ2n) is 4.98. The first-order valence-corrected chi connectivity index (χ1v) is 8.54. The summed E-state index contributed by atoms with van der Waals surface area (Å²) in [7, 11) is -3.21. The van der Waals surface area contributed by atoms with Gasteiger partial charge in [-0.05, 0) is 26.0 Å². The van der Waals surface area contributed by atoms with Crippen molar-refractivity contribution in [2.24, 2.45) is 9.98 Å². The maximum Gasteiger partial charge on any atom is 0.215 e. The second-order valence-corrected chi connectivity index (χ2v) is 7.00. The summed E-state index contributed by atoms with van der Waals surface area (Å²) in [6.07, 6.45) is 4.52. The number of hydrogen-bond donors (Lipinski definition) is 0. The average Bonchev–Trinajstić information content (AvgIpc) is 2.46. The van der Waals surface area contributed by atoms with Crippen LogP contribution in [0.3, 0.4) is 0 Å². The van der Waals surface area contributed by atoms with Gasteiger partial charge >= 0.3 is 0 Å². The van der Waals surface area contributed by atoms with Crippen LogP contribution in [0.1, 0.15) is 25.6 Å². The summed E-state index contributed by atoms with van der Waals surface area (Å²) in [5, 5.41) is 0. The molecule has 1 unspecified atom stereocenters. The second kappa shape index (κ2) is 5.46. The first-order chi connectivity index (χ1) is 9.43. The molecule has 0 N–H and O–H groups in total. The Bertz CT molecular complexity index is 646. The highest BCUT2D eigenvalue weighted by molar-refractivity contribution is 7.90. The molecule has 20 heavy (non-hydrogen) atoms. The average molecular weight is 294 g/mol. The molecule has 0 fully saturated rings. The first kappa shape index (κ1) is 14.9. The van der Waals surface area contributed by atoms with Crippen molar-refractivity contribution in [3.63, 3.8) is 0 Å². The first-order valence-electron chi connectivity index (χ1n) is 6.65. The zero-order valence-electron chi connectivity index (χ0n) is 12.0. The Hall–Kier alpha value is -1.53. The summed E-state index contributed by atoms with van der Waals surface area (Å²) in [6, 6.07) is 7.03. The monoisotopic (exact) mass is 294 g/mol. The molecular formula is C14H20N3O2S+. The van der Waals surface area contributed by atoms with Crippen molar-refractivity contribution in [3.8, 4) is 0 Å². The van der Waals surface area contributed by atoms with E-state index in [0.29, 0.717) is 9.38 Å². The van der Waals surface area contributed by atoms with Crippen molar-refractivity contribution < 1.29 is 12.9 Å². The summed E-state index contributed by atoms with van der Waals surface area (Å²) >= 11 is 0. The van der Waals surface area contributed by atoms with Crippen LogP contribution >= 0.6 is 0 Å². The van der Waals surface area contributed by atoms with Crippen LogP contribution in [-0.4, -0.2) is 44.9 Å². The SMILES string of the molecule is CC[N+]1(CC)C=NC=NC1c1cccc(S(C)(=O)=O)c1. The van der Waals surface area contributed by atoms with Crippen LogP contribution in [0.15, 0.2) is 39.1 Å². The number of aliphatic imine (C=N–C) groups is 2. The zero-order valence-corrected chi connectivity index (χ0v) is 12.8. The third-order valence-electron chi connectivity index (χ3n) is 3.82. The molecule has 0 saturated carbocycles. The van der Waals surface area contributed by atoms with Gasteiger partial charge in [-0.25, -0.2) is 13.4 Å². The van der Waals surface area contributed by atoms with Crippen molar-refractivity contribution in [3.05, 3.63) is 29.8 Å². The fraction of sp³-hybridized carbons (Fsp3) is 0.429. The van der Waals surface area contributed by atoms with Crippen LogP contribution < -0.4 is 0 Å². The highest BCUT2D eigenvalue weighted by Crippen LogP contribution is 2.31. The summed E-state index contributed by atoms with van der Waals surface area (Å²) in [5.74, 6) is 0. The Kier molecular flexibility index (Phi) is 4.06. The molecule has 0 bridgehead atoms. The van der Waals surface area contributed by atoms with Crippen LogP contribution in [-0.2, 0) is 9.84 Å². The quantitative estimate of drug-likeness (QED) is 0.798. The van der Waals surface area contributed by atoms with Crippen LogP contribution in [0.5, 0.6) is 0 Å². The predicted octanol–water partition coefficient (Wildman–Crippen LogP) is 2.02. The van der Waals surface area contributed by atoms with Gasteiger partial charge in [0.05, 0.1) is 18.0 Å². The molecule has 1 heterocycles. The zero-order chi connectivity index (χ0) is 14.8. The van der Waals surface area contributed by atoms with Gasteiger partial charge in [0.1, 0.15) is 6.34 Å². The largest absolute Gasteiger partial charge is 0.257 e. The number of rotatable bonds is 4. The lowest BCUT2D eigenvalue weighted by Crippen LogP contribution is -2.49. The number of benzene rings is 1. The van der Waals surface area contributed by atoms with Crippen molar-refractivity contribution in [1.82, 2.24) is 0 Å². The highest BCUT2D eigenvalue weighted by Gasteiger charge is 2.35. The molecule has 5 nitrogen and oxygen atoms in total. The van der Waals surface area contributed by atoms with Gasteiger partial charge in [0, 0.05) is 11.8 Å². The fourth-order valence-electron chi connectivity index (χ4n) is 2.48. The van der Waals surface area contributed by atoms with Crippen LogP contribution in [0.25, 0.3) is 0 Å². The summed E-state index contributed by atoms with van der Waals surface area (Å²) in [5.41, 5.74) is 0.902. The van der Waals surface area contributed by atoms with Crippen LogP contribution in [0, 0.1) is 0 Å². The number of hydrogen-bond acceptors (Lipinski definition) is 4. The van der Waals surface area contributed by atoms with Crippen LogP contribution in [0.2, 0.25) is 0 Å². The van der Waals surface area contributed by atoms with Gasteiger partial charge in [-0.2, -0.15) is 4.99 Å². The molecule has 0 aliphatic carbocycles. The maximum atomic E-state index is 11.7. The molecule has 1 aliphatic heterocycles. The van der Waals surface area contributed by atoms with E-state index in [4.69, 9.17) is 0 Å². The molecule has 6 heteroatoms. The Morgan fingerprint density at radius 3 is 2.55 bits per heavy atom. The molecule has 108 valence electrons. The molecule has 0 saturated heterocycles. The minimum absolute atomic E-state index is 0.135. The lowest BCUT2D eigenvalue weighted by molar-refractivity contribution is -0.864. The third-order valence-corrected chi connectivity index (χ3v) is 4.93. The van der Waals surface area contributed by atoms with E-state index in [1.165, 1.54) is 6.26 Å². The molecule has 0 aromatic heterocycles. The summed E-state index contributed by atoms with van der Waals surface area (Å²) in [4.78, 5) is 8.96. The number of quaternary nitrogens is 1. The normalized spacial score (nSPS) is 21.1. The van der Waals surface area contributed by atoms with Gasteiger partial charge in [-0.3, -0.25) is 4.48 Å². The molecule has 0 spiro atoms. The Morgan fingerprint density at radius 1 is 1.25 bits per heavy atom. The summed E-state index contributed by atoms with van der Waals surface area (Å²) < 4.78 is 24.0. The van der Waals surface area contributed by atoms with Gasteiger partial charge in [-0.15, -0.1) is 0 Å². The standard InChI is InChI=1S/C14H20N3O2S/c1-4-17(5-2)11-15-10-16-14(17)12-7-6-8-13(9-12)20(3,18)19/h6-11,14H,4-5H2,1-3H3/q+1. The molecular weight excluding hydrogens is 274 g/mol. The summed E-state index contributed by atoms with van der Waals surface area (Å²) in [6.45, 7) is 5.88. The molecule has 1 aliphatic rings. The highest BCUT2D eigenvalue weighted by atomic mass is 32.2. The van der Waals surface area contributed by atoms with E-state index in [0.717, 1.165) is 18.7 Å². The molecule has 1 aromatic carbocycles. The van der Waals surface area contributed by atoms with E-state index in [-0.39, 0.29) is 6.17 Å². The Morgan fingerprint density at radius 2 is 1.95 bits per heavy atom. The van der Waals surface area contributed by atoms with Gasteiger partial charge in [-0.1, -0.05) is 12.1 Å². The lowest BCUT2D eigenvalue weighted by Gasteiger charge is -2.38. The van der Waals surface area contributed by atoms with E-state index < -0.39 is 9.84 Å². The van der Waals surface area contributed by atoms with E-state index in [9.17, 15) is 8.42 Å². The van der Waals surface area contributed by atoms with Crippen molar-refractivity contribution in [2.75, 3.05) is 19.3 Å². The molecule has 0 amide bonds. The molecule has 0 radical (unpaired) electrons. The van der Waals surface area contributed by atoms with Gasteiger partial charge in [0.25, 0.3) is 0 Å². The minimum atomic E-state index is -3.21. The van der Waals surface area contributed by atoms with E-state index in [2.05, 4.69) is 23.8 Å². The lowest BCUT2D eigenvalue weighted by atomic mass is 10.1. The van der Waals surface area contributed by atoms with Gasteiger partial charge in [0.2, 0.25) is 6.17 Å². The third kappa shape index (κ3) is 2.66. The van der Waals surface area contributed by atoms with Crippen molar-refractivity contribution in [2.45, 2.75) is 24.9 Å². The Balaban J connectivity index is 2.50. The smallest absolute Gasteiger partial charge is 0.215 e. The van der Waals surface area contributed by atoms with E-state index in [1.54, 1.807) is 24.5 Å². The topological polar surface area (TPSA) is 58.9 Å². The molecule has 1 aromatic rings. The van der Waals surface area contributed by atoms with Gasteiger partial charge in [0.15, 0.2) is 16.2 Å². The molecule has 2 rings (SSSR count). The predicted molar refractivity (Wildman–Crippen MR) is 80.6 cm³/mol. The van der Waals surface area contributed by atoms with E-state index in [1.807, 2.05) is 12.4 Å². The van der Waals surface area contributed by atoms with E-state index >= 15 is 0 Å². The molecule has 1 atom stereocenters. The number of nitrogens with zero attached hydrogens (tertiary/aromatic N) is 3. The number of sulfone groups is 1. The van der Waals surface area contributed by atoms with Gasteiger partial charge < -0.3 is 0 Å². The van der Waals surface area contributed by atoms with Crippen molar-refractivity contribution >= 4 is 22.5 Å².